The van der Waals surface area contributed by atoms with E-state index < -0.39 is 12.1 Å². The van der Waals surface area contributed by atoms with Gasteiger partial charge in [-0.25, -0.2) is 0 Å². The quantitative estimate of drug-likeness (QED) is 0.523. The lowest BCUT2D eigenvalue weighted by atomic mass is 9.96. The van der Waals surface area contributed by atoms with Gasteiger partial charge in [-0.15, -0.1) is 0 Å². The fourth-order valence-electron chi connectivity index (χ4n) is 3.50. The molecule has 0 fully saturated rings. The minimum Gasteiger partial charge on any atom is -0.465 e. The average molecular weight is 445 g/mol. The standard InChI is InChI=1S/C22H25BrN2O3/c1-3-28-22(27)17(14-13-15-9-5-4-6-10-15)24-20-19(23)16-11-7-8-12-18(16)25(2)21(20)26/h4-12,17,19-20,24H,3,13-14H2,1-2H3. The molecular formula is C22H25BrN2O3. The topological polar surface area (TPSA) is 58.6 Å². The SMILES string of the molecule is CCOC(=O)C(CCc1ccccc1)NC1C(=O)N(C)c2ccccc2C1Br. The monoisotopic (exact) mass is 444 g/mol. The van der Waals surface area contributed by atoms with Gasteiger partial charge >= 0.3 is 5.97 Å². The number of hydrogen-bond donors (Lipinski definition) is 1. The van der Waals surface area contributed by atoms with Gasteiger partial charge in [-0.3, -0.25) is 14.9 Å². The smallest absolute Gasteiger partial charge is 0.323 e. The summed E-state index contributed by atoms with van der Waals surface area (Å²) in [4.78, 5) is 26.9. The normalized spacial score (nSPS) is 19.8. The third kappa shape index (κ3) is 4.45. The number of aryl methyl sites for hydroxylation is 1. The van der Waals surface area contributed by atoms with Crippen molar-refractivity contribution in [1.82, 2.24) is 5.32 Å². The van der Waals surface area contributed by atoms with Crippen molar-refractivity contribution in [2.24, 2.45) is 0 Å². The molecule has 0 saturated carbocycles. The second kappa shape index (κ2) is 9.34. The van der Waals surface area contributed by atoms with Crippen molar-refractivity contribution in [2.75, 3.05) is 18.6 Å². The number of benzene rings is 2. The van der Waals surface area contributed by atoms with Crippen LogP contribution in [0.3, 0.4) is 0 Å². The van der Waals surface area contributed by atoms with Crippen LogP contribution in [0.1, 0.15) is 29.3 Å². The number of likely N-dealkylation sites (N-methyl/N-ethyl adjacent to an activating group) is 1. The van der Waals surface area contributed by atoms with Gasteiger partial charge in [-0.05, 0) is 37.0 Å². The summed E-state index contributed by atoms with van der Waals surface area (Å²) in [5.41, 5.74) is 3.04. The zero-order valence-electron chi connectivity index (χ0n) is 16.1. The molecule has 0 spiro atoms. The average Bonchev–Trinajstić information content (AvgIpc) is 2.72. The first-order valence-electron chi connectivity index (χ1n) is 9.50. The number of nitrogens with zero attached hydrogens (tertiary/aromatic N) is 1. The van der Waals surface area contributed by atoms with E-state index in [0.717, 1.165) is 23.2 Å². The maximum Gasteiger partial charge on any atom is 0.323 e. The highest BCUT2D eigenvalue weighted by Gasteiger charge is 2.39. The predicted octanol–water partition coefficient (Wildman–Crippen LogP) is 3.62. The van der Waals surface area contributed by atoms with Crippen LogP contribution >= 0.6 is 15.9 Å². The predicted molar refractivity (Wildman–Crippen MR) is 114 cm³/mol. The summed E-state index contributed by atoms with van der Waals surface area (Å²) in [5.74, 6) is -0.401. The van der Waals surface area contributed by atoms with Gasteiger partial charge in [-0.2, -0.15) is 0 Å². The van der Waals surface area contributed by atoms with Crippen molar-refractivity contribution in [3.63, 3.8) is 0 Å². The molecular weight excluding hydrogens is 420 g/mol. The number of hydrogen-bond acceptors (Lipinski definition) is 4. The molecule has 0 aliphatic carbocycles. The first-order valence-corrected chi connectivity index (χ1v) is 10.4. The van der Waals surface area contributed by atoms with Crippen molar-refractivity contribution >= 4 is 33.5 Å². The van der Waals surface area contributed by atoms with E-state index in [4.69, 9.17) is 4.74 Å². The molecule has 0 radical (unpaired) electrons. The second-order valence-electron chi connectivity index (χ2n) is 6.83. The zero-order chi connectivity index (χ0) is 20.1. The van der Waals surface area contributed by atoms with E-state index in [2.05, 4.69) is 21.2 Å². The summed E-state index contributed by atoms with van der Waals surface area (Å²) in [6.07, 6.45) is 1.27. The highest BCUT2D eigenvalue weighted by molar-refractivity contribution is 9.09. The number of para-hydroxylation sites is 1. The molecule has 3 unspecified atom stereocenters. The number of ether oxygens (including phenoxy) is 1. The number of carbonyl (C=O) groups excluding carboxylic acids is 2. The van der Waals surface area contributed by atoms with Crippen molar-refractivity contribution in [3.05, 3.63) is 65.7 Å². The van der Waals surface area contributed by atoms with Crippen LogP contribution < -0.4 is 10.2 Å². The molecule has 1 amide bonds. The Morgan fingerprint density at radius 1 is 1.18 bits per heavy atom. The molecule has 3 atom stereocenters. The number of halogens is 1. The van der Waals surface area contributed by atoms with Crippen molar-refractivity contribution in [2.45, 2.75) is 36.7 Å². The van der Waals surface area contributed by atoms with Crippen LogP contribution in [0.15, 0.2) is 54.6 Å². The number of esters is 1. The minimum absolute atomic E-state index is 0.0745. The van der Waals surface area contributed by atoms with Gasteiger partial charge in [0.2, 0.25) is 5.91 Å². The van der Waals surface area contributed by atoms with Crippen LogP contribution in [0.25, 0.3) is 0 Å². The molecule has 1 N–H and O–H groups in total. The largest absolute Gasteiger partial charge is 0.465 e. The van der Waals surface area contributed by atoms with E-state index >= 15 is 0 Å². The van der Waals surface area contributed by atoms with Gasteiger partial charge in [0.1, 0.15) is 12.1 Å². The van der Waals surface area contributed by atoms with Gasteiger partial charge in [0.15, 0.2) is 0 Å². The van der Waals surface area contributed by atoms with Crippen LogP contribution in [0.4, 0.5) is 5.69 Å². The van der Waals surface area contributed by atoms with Gasteiger partial charge < -0.3 is 9.64 Å². The van der Waals surface area contributed by atoms with E-state index in [9.17, 15) is 9.59 Å². The Morgan fingerprint density at radius 2 is 1.86 bits per heavy atom. The summed E-state index contributed by atoms with van der Waals surface area (Å²) >= 11 is 3.67. The molecule has 5 nitrogen and oxygen atoms in total. The number of amides is 1. The molecule has 1 aliphatic rings. The molecule has 2 aromatic carbocycles. The Labute approximate surface area is 174 Å². The summed E-state index contributed by atoms with van der Waals surface area (Å²) < 4.78 is 5.26. The molecule has 148 valence electrons. The number of anilines is 1. The van der Waals surface area contributed by atoms with E-state index in [1.807, 2.05) is 54.6 Å². The Balaban J connectivity index is 1.79. The van der Waals surface area contributed by atoms with Gasteiger partial charge in [0.25, 0.3) is 0 Å². The number of rotatable bonds is 7. The fourth-order valence-corrected chi connectivity index (χ4v) is 4.26. The summed E-state index contributed by atoms with van der Waals surface area (Å²) in [7, 11) is 1.76. The molecule has 3 rings (SSSR count). The highest BCUT2D eigenvalue weighted by Crippen LogP contribution is 2.39. The maximum absolute atomic E-state index is 13.0. The Morgan fingerprint density at radius 3 is 2.57 bits per heavy atom. The van der Waals surface area contributed by atoms with Crippen LogP contribution in [-0.2, 0) is 20.7 Å². The third-order valence-electron chi connectivity index (χ3n) is 5.00. The van der Waals surface area contributed by atoms with Crippen LogP contribution in [-0.4, -0.2) is 37.6 Å². The van der Waals surface area contributed by atoms with E-state index in [1.165, 1.54) is 0 Å². The van der Waals surface area contributed by atoms with Crippen LogP contribution in [0.2, 0.25) is 0 Å². The Bertz CT molecular complexity index is 828. The number of alkyl halides is 1. The highest BCUT2D eigenvalue weighted by atomic mass is 79.9. The lowest BCUT2D eigenvalue weighted by Crippen LogP contribution is -2.55. The minimum atomic E-state index is -0.562. The molecule has 28 heavy (non-hydrogen) atoms. The van der Waals surface area contributed by atoms with Crippen LogP contribution in [0.5, 0.6) is 0 Å². The fraction of sp³-hybridized carbons (Fsp3) is 0.364. The first kappa shape index (κ1) is 20.6. The molecule has 0 saturated heterocycles. The Kier molecular flexibility index (Phi) is 6.86. The number of nitrogens with one attached hydrogen (secondary N) is 1. The van der Waals surface area contributed by atoms with E-state index in [1.54, 1.807) is 18.9 Å². The molecule has 2 aromatic rings. The second-order valence-corrected chi connectivity index (χ2v) is 7.82. The molecule has 0 bridgehead atoms. The first-order chi connectivity index (χ1) is 13.5. The van der Waals surface area contributed by atoms with Gasteiger partial charge in [-0.1, -0.05) is 64.5 Å². The third-order valence-corrected chi connectivity index (χ3v) is 6.02. The molecule has 0 aromatic heterocycles. The number of carbonyl (C=O) groups is 2. The van der Waals surface area contributed by atoms with Crippen molar-refractivity contribution in [3.8, 4) is 0 Å². The summed E-state index contributed by atoms with van der Waals surface area (Å²) in [6.45, 7) is 2.09. The van der Waals surface area contributed by atoms with Gasteiger partial charge in [0.05, 0.1) is 11.4 Å². The summed E-state index contributed by atoms with van der Waals surface area (Å²) in [6, 6.07) is 16.7. The van der Waals surface area contributed by atoms with Crippen molar-refractivity contribution in [1.29, 1.82) is 0 Å². The Hall–Kier alpha value is -2.18. The van der Waals surface area contributed by atoms with E-state index in [0.29, 0.717) is 13.0 Å². The lowest BCUT2D eigenvalue weighted by molar-refractivity contribution is -0.146. The maximum atomic E-state index is 13.0. The van der Waals surface area contributed by atoms with Gasteiger partial charge in [0, 0.05) is 12.7 Å². The zero-order valence-corrected chi connectivity index (χ0v) is 17.7. The molecule has 6 heteroatoms. The van der Waals surface area contributed by atoms with Crippen LogP contribution in [0, 0.1) is 0 Å². The lowest BCUT2D eigenvalue weighted by Gasteiger charge is -2.37. The van der Waals surface area contributed by atoms with Crippen molar-refractivity contribution < 1.29 is 14.3 Å². The van der Waals surface area contributed by atoms with E-state index in [-0.39, 0.29) is 16.7 Å². The number of fused-ring (bicyclic) bond motifs is 1. The molecule has 1 heterocycles. The molecule has 1 aliphatic heterocycles. The summed E-state index contributed by atoms with van der Waals surface area (Å²) in [5, 5.41) is 3.27.